The largest absolute Gasteiger partial charge is 0.300 e. The monoisotopic (exact) mass is 148 g/mol. The third-order valence-corrected chi connectivity index (χ3v) is 2.17. The smallest absolute Gasteiger partial charge is 0.133 e. The van der Waals surface area contributed by atoms with Crippen LogP contribution in [0, 0.1) is 18.3 Å². The van der Waals surface area contributed by atoms with Crippen molar-refractivity contribution in [3.05, 3.63) is 11.6 Å². The lowest BCUT2D eigenvalue weighted by atomic mass is 9.87. The molecule has 1 aliphatic carbocycles. The molecule has 0 aromatic heterocycles. The molecule has 0 bridgehead atoms. The third kappa shape index (κ3) is 1.94. The molecular formula is C10H12O. The van der Waals surface area contributed by atoms with Crippen LogP contribution in [-0.4, -0.2) is 5.78 Å². The fourth-order valence-corrected chi connectivity index (χ4v) is 1.33. The Bertz CT molecular complexity index is 230. The molecular weight excluding hydrogens is 136 g/mol. The molecule has 1 aliphatic rings. The highest BCUT2D eigenvalue weighted by Crippen LogP contribution is 2.23. The number of hydrogen-bond acceptors (Lipinski definition) is 1. The Morgan fingerprint density at radius 2 is 2.55 bits per heavy atom. The maximum absolute atomic E-state index is 10.9. The summed E-state index contributed by atoms with van der Waals surface area (Å²) in [5.74, 6) is 3.13. The lowest BCUT2D eigenvalue weighted by Crippen LogP contribution is -2.13. The minimum atomic E-state index is 0.229. The van der Waals surface area contributed by atoms with Crippen LogP contribution < -0.4 is 0 Å². The summed E-state index contributed by atoms with van der Waals surface area (Å²) in [5, 5.41) is 0. The fraction of sp³-hybridized carbons (Fsp3) is 0.500. The molecule has 0 heterocycles. The zero-order chi connectivity index (χ0) is 8.27. The topological polar surface area (TPSA) is 17.1 Å². The zero-order valence-corrected chi connectivity index (χ0v) is 6.76. The number of carbonyl (C=O) groups is 1. The molecule has 58 valence electrons. The molecule has 0 aromatic carbocycles. The highest BCUT2D eigenvalue weighted by molar-refractivity contribution is 5.78. The minimum Gasteiger partial charge on any atom is -0.300 e. The number of rotatable bonds is 1. The zero-order valence-electron chi connectivity index (χ0n) is 6.76. The van der Waals surface area contributed by atoms with E-state index < -0.39 is 0 Å². The summed E-state index contributed by atoms with van der Waals surface area (Å²) < 4.78 is 0. The number of Topliss-reactive ketones (excluding diaryl/α,β-unsaturated/α-hetero) is 1. The van der Waals surface area contributed by atoms with Crippen LogP contribution in [0.1, 0.15) is 26.2 Å². The van der Waals surface area contributed by atoms with Crippen LogP contribution in [0.5, 0.6) is 0 Å². The molecule has 0 aromatic rings. The Balaban J connectivity index is 2.56. The third-order valence-electron chi connectivity index (χ3n) is 2.17. The van der Waals surface area contributed by atoms with E-state index in [2.05, 4.69) is 5.92 Å². The van der Waals surface area contributed by atoms with Crippen molar-refractivity contribution in [1.29, 1.82) is 0 Å². The van der Waals surface area contributed by atoms with Crippen molar-refractivity contribution in [2.45, 2.75) is 26.2 Å². The summed E-state index contributed by atoms with van der Waals surface area (Å²) in [7, 11) is 0. The first-order valence-electron chi connectivity index (χ1n) is 3.90. The SMILES string of the molecule is C#CC1=CC[C@H](C(C)=O)CC1. The number of allylic oxidation sites excluding steroid dienone is 2. The molecule has 0 radical (unpaired) electrons. The van der Waals surface area contributed by atoms with Gasteiger partial charge >= 0.3 is 0 Å². The van der Waals surface area contributed by atoms with Gasteiger partial charge in [-0.25, -0.2) is 0 Å². The van der Waals surface area contributed by atoms with Gasteiger partial charge in [0, 0.05) is 5.92 Å². The van der Waals surface area contributed by atoms with Gasteiger partial charge in [0.2, 0.25) is 0 Å². The number of terminal acetylenes is 1. The molecule has 0 saturated carbocycles. The molecule has 1 rings (SSSR count). The molecule has 0 N–H and O–H groups in total. The molecule has 1 nitrogen and oxygen atoms in total. The molecule has 1 atom stereocenters. The van der Waals surface area contributed by atoms with Gasteiger partial charge < -0.3 is 0 Å². The Kier molecular flexibility index (Phi) is 2.48. The molecule has 11 heavy (non-hydrogen) atoms. The highest BCUT2D eigenvalue weighted by atomic mass is 16.1. The predicted molar refractivity (Wildman–Crippen MR) is 44.9 cm³/mol. The molecule has 0 aliphatic heterocycles. The quantitative estimate of drug-likeness (QED) is 0.519. The van der Waals surface area contributed by atoms with E-state index in [4.69, 9.17) is 6.42 Å². The minimum absolute atomic E-state index is 0.229. The maximum Gasteiger partial charge on any atom is 0.133 e. The Morgan fingerprint density at radius 1 is 1.82 bits per heavy atom. The molecule has 0 unspecified atom stereocenters. The van der Waals surface area contributed by atoms with Crippen molar-refractivity contribution in [3.63, 3.8) is 0 Å². The lowest BCUT2D eigenvalue weighted by Gasteiger charge is -2.16. The second-order valence-electron chi connectivity index (χ2n) is 2.96. The van der Waals surface area contributed by atoms with Gasteiger partial charge in [-0.05, 0) is 31.8 Å². The normalized spacial score (nSPS) is 23.6. The summed E-state index contributed by atoms with van der Waals surface area (Å²) in [6.07, 6.45) is 9.91. The van der Waals surface area contributed by atoms with Crippen molar-refractivity contribution in [2.24, 2.45) is 5.92 Å². The van der Waals surface area contributed by atoms with E-state index in [9.17, 15) is 4.79 Å². The highest BCUT2D eigenvalue weighted by Gasteiger charge is 2.16. The summed E-state index contributed by atoms with van der Waals surface area (Å²) in [4.78, 5) is 10.9. The van der Waals surface area contributed by atoms with Gasteiger partial charge in [-0.2, -0.15) is 0 Å². The summed E-state index contributed by atoms with van der Waals surface area (Å²) in [6.45, 7) is 1.65. The predicted octanol–water partition coefficient (Wildman–Crippen LogP) is 1.94. The van der Waals surface area contributed by atoms with Crippen LogP contribution in [0.25, 0.3) is 0 Å². The Morgan fingerprint density at radius 3 is 2.91 bits per heavy atom. The lowest BCUT2D eigenvalue weighted by molar-refractivity contribution is -0.120. The molecule has 1 heteroatoms. The Hall–Kier alpha value is -1.03. The maximum atomic E-state index is 10.9. The fourth-order valence-electron chi connectivity index (χ4n) is 1.33. The first-order valence-corrected chi connectivity index (χ1v) is 3.90. The van der Waals surface area contributed by atoms with Crippen LogP contribution in [0.4, 0.5) is 0 Å². The van der Waals surface area contributed by atoms with Crippen molar-refractivity contribution in [1.82, 2.24) is 0 Å². The summed E-state index contributed by atoms with van der Waals surface area (Å²) >= 11 is 0. The van der Waals surface area contributed by atoms with Crippen molar-refractivity contribution in [2.75, 3.05) is 0 Å². The van der Waals surface area contributed by atoms with E-state index in [0.717, 1.165) is 24.8 Å². The van der Waals surface area contributed by atoms with Crippen LogP contribution in [0.2, 0.25) is 0 Å². The van der Waals surface area contributed by atoms with Crippen molar-refractivity contribution in [3.8, 4) is 12.3 Å². The van der Waals surface area contributed by atoms with Crippen LogP contribution in [-0.2, 0) is 4.79 Å². The Labute approximate surface area is 67.5 Å². The number of ketones is 1. The van der Waals surface area contributed by atoms with E-state index in [1.54, 1.807) is 6.92 Å². The molecule has 0 fully saturated rings. The van der Waals surface area contributed by atoms with E-state index in [1.165, 1.54) is 0 Å². The van der Waals surface area contributed by atoms with Crippen molar-refractivity contribution >= 4 is 5.78 Å². The molecule has 0 amide bonds. The second kappa shape index (κ2) is 3.39. The van der Waals surface area contributed by atoms with Gasteiger partial charge in [-0.15, -0.1) is 6.42 Å². The van der Waals surface area contributed by atoms with Gasteiger partial charge in [-0.3, -0.25) is 4.79 Å². The standard InChI is InChI=1S/C10H12O/c1-3-9-4-6-10(7-5-9)8(2)11/h1,4,10H,5-7H2,2H3/t10-/m0/s1. The average Bonchev–Trinajstić information content (AvgIpc) is 2.05. The molecule has 0 saturated heterocycles. The average molecular weight is 148 g/mol. The summed E-state index contributed by atoms with van der Waals surface area (Å²) in [5.41, 5.74) is 1.06. The van der Waals surface area contributed by atoms with Gasteiger partial charge in [0.05, 0.1) is 0 Å². The van der Waals surface area contributed by atoms with Gasteiger partial charge in [0.15, 0.2) is 0 Å². The van der Waals surface area contributed by atoms with E-state index in [-0.39, 0.29) is 11.7 Å². The first-order chi connectivity index (χ1) is 5.24. The van der Waals surface area contributed by atoms with Gasteiger partial charge in [0.25, 0.3) is 0 Å². The van der Waals surface area contributed by atoms with Gasteiger partial charge in [0.1, 0.15) is 5.78 Å². The van der Waals surface area contributed by atoms with E-state index in [0.29, 0.717) is 0 Å². The first kappa shape index (κ1) is 8.07. The van der Waals surface area contributed by atoms with E-state index in [1.807, 2.05) is 6.08 Å². The van der Waals surface area contributed by atoms with Crippen LogP contribution >= 0.6 is 0 Å². The van der Waals surface area contributed by atoms with Crippen LogP contribution in [0.3, 0.4) is 0 Å². The molecule has 0 spiro atoms. The second-order valence-corrected chi connectivity index (χ2v) is 2.96. The number of carbonyl (C=O) groups excluding carboxylic acids is 1. The van der Waals surface area contributed by atoms with E-state index >= 15 is 0 Å². The van der Waals surface area contributed by atoms with Crippen molar-refractivity contribution < 1.29 is 4.79 Å². The van der Waals surface area contributed by atoms with Crippen LogP contribution in [0.15, 0.2) is 11.6 Å². The van der Waals surface area contributed by atoms with Gasteiger partial charge in [-0.1, -0.05) is 12.0 Å². The number of hydrogen-bond donors (Lipinski definition) is 0. The summed E-state index contributed by atoms with van der Waals surface area (Å²) in [6, 6.07) is 0.